The monoisotopic (exact) mass is 485 g/mol. The molecule has 0 bridgehead atoms. The van der Waals surface area contributed by atoms with Crippen molar-refractivity contribution < 1.29 is 0 Å². The van der Waals surface area contributed by atoms with Crippen LogP contribution in [0, 0.1) is 0 Å². The van der Waals surface area contributed by atoms with E-state index in [0.29, 0.717) is 21.7 Å². The summed E-state index contributed by atoms with van der Waals surface area (Å²) < 4.78 is 0. The summed E-state index contributed by atoms with van der Waals surface area (Å²) in [6.07, 6.45) is 8.37. The van der Waals surface area contributed by atoms with E-state index in [1.54, 1.807) is 12.4 Å². The van der Waals surface area contributed by atoms with Gasteiger partial charge in [-0.3, -0.25) is 0 Å². The van der Waals surface area contributed by atoms with Crippen molar-refractivity contribution in [3.63, 3.8) is 0 Å². The van der Waals surface area contributed by atoms with E-state index < -0.39 is 0 Å². The highest BCUT2D eigenvalue weighted by Gasteiger charge is 2.15. The van der Waals surface area contributed by atoms with Gasteiger partial charge in [-0.15, -0.1) is 0 Å². The van der Waals surface area contributed by atoms with Crippen LogP contribution in [0.25, 0.3) is 10.9 Å². The molecule has 0 saturated carbocycles. The maximum absolute atomic E-state index is 6.47. The summed E-state index contributed by atoms with van der Waals surface area (Å²) in [5.41, 5.74) is 4.50. The average Bonchev–Trinajstić information content (AvgIpc) is 3.47. The number of para-hydroxylation sites is 1. The second-order valence-electron chi connectivity index (χ2n) is 7.66. The molecule has 166 valence electrons. The quantitative estimate of drug-likeness (QED) is 0.208. The Morgan fingerprint density at radius 1 is 1.03 bits per heavy atom. The van der Waals surface area contributed by atoms with Gasteiger partial charge in [0.15, 0.2) is 5.11 Å². The molecule has 2 heterocycles. The fourth-order valence-corrected chi connectivity index (χ4v) is 4.37. The summed E-state index contributed by atoms with van der Waals surface area (Å²) in [7, 11) is 0. The minimum Gasteiger partial charge on any atom is -0.363 e. The minimum absolute atomic E-state index is 0.555. The van der Waals surface area contributed by atoms with Crippen molar-refractivity contribution in [1.29, 1.82) is 0 Å². The van der Waals surface area contributed by atoms with Crippen LogP contribution in [-0.2, 0) is 19.4 Å². The summed E-state index contributed by atoms with van der Waals surface area (Å²) in [5, 5.41) is 6.49. The summed E-state index contributed by atoms with van der Waals surface area (Å²) >= 11 is 18.5. The molecule has 0 atom stereocenters. The highest BCUT2D eigenvalue weighted by atomic mass is 35.5. The molecule has 2 aromatic heterocycles. The van der Waals surface area contributed by atoms with Crippen LogP contribution in [0.2, 0.25) is 10.0 Å². The van der Waals surface area contributed by atoms with Gasteiger partial charge in [0, 0.05) is 48.6 Å². The molecule has 32 heavy (non-hydrogen) atoms. The number of imidazole rings is 1. The van der Waals surface area contributed by atoms with Crippen molar-refractivity contribution >= 4 is 51.4 Å². The van der Waals surface area contributed by atoms with Crippen molar-refractivity contribution in [1.82, 2.24) is 25.2 Å². The lowest BCUT2D eigenvalue weighted by Crippen LogP contribution is -2.41. The summed E-state index contributed by atoms with van der Waals surface area (Å²) in [4.78, 5) is 12.7. The third-order valence-corrected chi connectivity index (χ3v) is 6.72. The topological polar surface area (TPSA) is 59.7 Å². The molecule has 5 nitrogen and oxygen atoms in total. The third-order valence-electron chi connectivity index (χ3n) is 5.46. The SMILES string of the molecule is S=C(NCCCc1cnc[nH]1)N(CCc1c[nH]c2ccccc12)Cc1cccc(Cl)c1Cl. The minimum atomic E-state index is 0.555. The average molecular weight is 486 g/mol. The Labute approximate surface area is 203 Å². The predicted molar refractivity (Wildman–Crippen MR) is 136 cm³/mol. The Morgan fingerprint density at radius 3 is 2.75 bits per heavy atom. The number of fused-ring (bicyclic) bond motifs is 1. The largest absolute Gasteiger partial charge is 0.363 e. The number of benzene rings is 2. The summed E-state index contributed by atoms with van der Waals surface area (Å²) in [6.45, 7) is 2.13. The zero-order valence-corrected chi connectivity index (χ0v) is 19.9. The molecule has 2 aromatic carbocycles. The molecule has 4 rings (SSSR count). The van der Waals surface area contributed by atoms with Gasteiger partial charge in [0.1, 0.15) is 0 Å². The first kappa shape index (κ1) is 22.6. The lowest BCUT2D eigenvalue weighted by molar-refractivity contribution is 0.409. The third kappa shape index (κ3) is 5.63. The van der Waals surface area contributed by atoms with Crippen LogP contribution in [0.3, 0.4) is 0 Å². The van der Waals surface area contributed by atoms with Crippen molar-refractivity contribution in [3.05, 3.63) is 88.1 Å². The van der Waals surface area contributed by atoms with E-state index in [1.807, 2.05) is 24.4 Å². The molecule has 0 aliphatic carbocycles. The summed E-state index contributed by atoms with van der Waals surface area (Å²) in [6, 6.07) is 14.1. The second kappa shape index (κ2) is 10.9. The van der Waals surface area contributed by atoms with E-state index in [-0.39, 0.29) is 0 Å². The number of aromatic nitrogens is 3. The molecule has 4 aromatic rings. The molecule has 0 unspecified atom stereocenters. The van der Waals surface area contributed by atoms with Crippen LogP contribution in [0.1, 0.15) is 23.2 Å². The first-order valence-electron chi connectivity index (χ1n) is 10.6. The van der Waals surface area contributed by atoms with Gasteiger partial charge in [-0.2, -0.15) is 0 Å². The number of rotatable bonds is 9. The number of nitrogens with one attached hydrogen (secondary N) is 3. The fraction of sp³-hybridized carbons (Fsp3) is 0.250. The highest BCUT2D eigenvalue weighted by molar-refractivity contribution is 7.80. The maximum Gasteiger partial charge on any atom is 0.169 e. The Kier molecular flexibility index (Phi) is 7.68. The van der Waals surface area contributed by atoms with Crippen molar-refractivity contribution in [2.24, 2.45) is 0 Å². The van der Waals surface area contributed by atoms with Crippen LogP contribution in [0.5, 0.6) is 0 Å². The zero-order chi connectivity index (χ0) is 22.3. The molecular weight excluding hydrogens is 461 g/mol. The first-order chi connectivity index (χ1) is 15.6. The molecule has 0 saturated heterocycles. The van der Waals surface area contributed by atoms with Crippen LogP contribution in [0.4, 0.5) is 0 Å². The van der Waals surface area contributed by atoms with Crippen molar-refractivity contribution in [3.8, 4) is 0 Å². The molecule has 0 fully saturated rings. The lowest BCUT2D eigenvalue weighted by Gasteiger charge is -2.26. The number of hydrogen-bond donors (Lipinski definition) is 3. The van der Waals surface area contributed by atoms with Gasteiger partial charge in [0.05, 0.1) is 16.4 Å². The predicted octanol–water partition coefficient (Wildman–Crippen LogP) is 5.75. The number of hydrogen-bond acceptors (Lipinski definition) is 2. The van der Waals surface area contributed by atoms with E-state index in [2.05, 4.69) is 49.6 Å². The standard InChI is InChI=1S/C24H25Cl2N5S/c25-21-8-3-5-18(23(21)26)15-31(24(32)28-11-4-6-19-14-27-16-30-19)12-10-17-13-29-22-9-2-1-7-20(17)22/h1-3,5,7-9,13-14,16,29H,4,6,10-12,15H2,(H,27,30)(H,28,32). The van der Waals surface area contributed by atoms with E-state index >= 15 is 0 Å². The van der Waals surface area contributed by atoms with Gasteiger partial charge in [-0.1, -0.05) is 53.5 Å². The number of thiocarbonyl (C=S) groups is 1. The zero-order valence-electron chi connectivity index (χ0n) is 17.6. The number of halogens is 2. The van der Waals surface area contributed by atoms with Gasteiger partial charge in [-0.25, -0.2) is 4.98 Å². The van der Waals surface area contributed by atoms with Crippen molar-refractivity contribution in [2.45, 2.75) is 25.8 Å². The van der Waals surface area contributed by atoms with E-state index in [4.69, 9.17) is 35.4 Å². The first-order valence-corrected chi connectivity index (χ1v) is 11.8. The van der Waals surface area contributed by atoms with Gasteiger partial charge < -0.3 is 20.2 Å². The van der Waals surface area contributed by atoms with E-state index in [9.17, 15) is 0 Å². The van der Waals surface area contributed by atoms with Crippen molar-refractivity contribution in [2.75, 3.05) is 13.1 Å². The second-order valence-corrected chi connectivity index (χ2v) is 8.83. The van der Waals surface area contributed by atoms with Gasteiger partial charge in [-0.05, 0) is 54.7 Å². The van der Waals surface area contributed by atoms with Gasteiger partial charge >= 0.3 is 0 Å². The van der Waals surface area contributed by atoms with E-state index in [0.717, 1.165) is 49.1 Å². The van der Waals surface area contributed by atoms with Gasteiger partial charge in [0.25, 0.3) is 0 Å². The molecule has 0 amide bonds. The normalized spacial score (nSPS) is 11.1. The molecule has 3 N–H and O–H groups in total. The Balaban J connectivity index is 1.42. The Morgan fingerprint density at radius 2 is 1.91 bits per heavy atom. The summed E-state index contributed by atoms with van der Waals surface area (Å²) in [5.74, 6) is 0. The molecular formula is C24H25Cl2N5S. The maximum atomic E-state index is 6.47. The molecule has 0 radical (unpaired) electrons. The van der Waals surface area contributed by atoms with Crippen LogP contribution < -0.4 is 5.32 Å². The molecule has 8 heteroatoms. The molecule has 0 aliphatic rings. The van der Waals surface area contributed by atoms with Crippen LogP contribution in [0.15, 0.2) is 61.2 Å². The molecule has 0 spiro atoms. The van der Waals surface area contributed by atoms with E-state index in [1.165, 1.54) is 10.9 Å². The van der Waals surface area contributed by atoms with Crippen LogP contribution >= 0.6 is 35.4 Å². The number of aromatic amines is 2. The Hall–Kier alpha value is -2.54. The molecule has 0 aliphatic heterocycles. The number of H-pyrrole nitrogens is 2. The lowest BCUT2D eigenvalue weighted by atomic mass is 10.1. The number of aryl methyl sites for hydroxylation is 1. The highest BCUT2D eigenvalue weighted by Crippen LogP contribution is 2.27. The van der Waals surface area contributed by atoms with Crippen LogP contribution in [-0.4, -0.2) is 38.1 Å². The smallest absolute Gasteiger partial charge is 0.169 e. The van der Waals surface area contributed by atoms with Gasteiger partial charge in [0.2, 0.25) is 0 Å². The fourth-order valence-electron chi connectivity index (χ4n) is 3.73. The number of nitrogens with zero attached hydrogens (tertiary/aromatic N) is 2. The Bertz CT molecular complexity index is 1170.